The molecule has 6 nitrogen and oxygen atoms in total. The third kappa shape index (κ3) is 4.90. The zero-order valence-electron chi connectivity index (χ0n) is 19.4. The van der Waals surface area contributed by atoms with Gasteiger partial charge in [-0.25, -0.2) is 4.98 Å². The summed E-state index contributed by atoms with van der Waals surface area (Å²) in [5, 5.41) is 4.19. The molecule has 0 radical (unpaired) electrons. The van der Waals surface area contributed by atoms with E-state index in [-0.39, 0.29) is 17.2 Å². The van der Waals surface area contributed by atoms with E-state index in [0.29, 0.717) is 16.6 Å². The van der Waals surface area contributed by atoms with E-state index >= 15 is 0 Å². The Balaban J connectivity index is 1.51. The number of ether oxygens (including phenoxy) is 1. The number of carbonyl (C=O) groups excluding carboxylic acids is 1. The number of halogens is 1. The number of fused-ring (bicyclic) bond motifs is 3. The quantitative estimate of drug-likeness (QED) is 0.223. The lowest BCUT2D eigenvalue weighted by atomic mass is 9.97. The summed E-state index contributed by atoms with van der Waals surface area (Å²) in [6.45, 7) is 1.95. The highest BCUT2D eigenvalue weighted by Crippen LogP contribution is 2.35. The van der Waals surface area contributed by atoms with E-state index in [1.54, 1.807) is 23.0 Å². The van der Waals surface area contributed by atoms with Crippen molar-refractivity contribution >= 4 is 60.8 Å². The fraction of sp³-hybridized carbons (Fsp3) is 0.269. The molecule has 2 aromatic carbocycles. The van der Waals surface area contributed by atoms with Crippen LogP contribution in [-0.4, -0.2) is 28.3 Å². The number of carbonyl (C=O) groups is 1. The molecule has 0 unspecified atom stereocenters. The first-order valence-corrected chi connectivity index (χ1v) is 13.9. The molecule has 0 aliphatic heterocycles. The highest BCUT2D eigenvalue weighted by molar-refractivity contribution is 9.10. The molecule has 0 saturated heterocycles. The predicted molar refractivity (Wildman–Crippen MR) is 147 cm³/mol. The molecule has 4 aromatic rings. The maximum atomic E-state index is 13.8. The number of rotatable bonds is 6. The van der Waals surface area contributed by atoms with Crippen LogP contribution in [0.15, 0.2) is 56.9 Å². The summed E-state index contributed by atoms with van der Waals surface area (Å²) in [6.07, 6.45) is 4.14. The lowest BCUT2D eigenvalue weighted by Crippen LogP contribution is -2.23. The zero-order chi connectivity index (χ0) is 24.5. The Morgan fingerprint density at radius 1 is 1.20 bits per heavy atom. The summed E-state index contributed by atoms with van der Waals surface area (Å²) in [7, 11) is 1.61. The Morgan fingerprint density at radius 2 is 1.97 bits per heavy atom. The smallest absolute Gasteiger partial charge is 0.267 e. The molecule has 35 heavy (non-hydrogen) atoms. The highest BCUT2D eigenvalue weighted by atomic mass is 79.9. The van der Waals surface area contributed by atoms with Gasteiger partial charge in [-0.1, -0.05) is 27.7 Å². The van der Waals surface area contributed by atoms with E-state index in [2.05, 4.69) is 21.2 Å². The topological polar surface area (TPSA) is 73.2 Å². The molecule has 1 amide bonds. The van der Waals surface area contributed by atoms with Gasteiger partial charge >= 0.3 is 0 Å². The highest BCUT2D eigenvalue weighted by Gasteiger charge is 2.23. The first kappa shape index (κ1) is 24.1. The lowest BCUT2D eigenvalue weighted by molar-refractivity contribution is -0.113. The number of hydrogen-bond donors (Lipinski definition) is 1. The Hall–Kier alpha value is -2.62. The standard InChI is InChI=1S/C26H24BrN3O3S2/c1-15-13-16(27)7-12-20(15)28-22(31)14-34-26-29-24-23(19-5-3-4-6-21(19)35-24)25(32)30(26)17-8-10-18(33-2)11-9-17/h7-13H,3-6,14H2,1-2H3,(H,28,31). The van der Waals surface area contributed by atoms with E-state index in [1.807, 2.05) is 49.4 Å². The fourth-order valence-corrected chi connectivity index (χ4v) is 6.92. The maximum Gasteiger partial charge on any atom is 0.267 e. The Morgan fingerprint density at radius 3 is 2.71 bits per heavy atom. The summed E-state index contributed by atoms with van der Waals surface area (Å²) >= 11 is 6.33. The minimum atomic E-state index is -0.151. The number of nitrogens with one attached hydrogen (secondary N) is 1. The number of benzene rings is 2. The van der Waals surface area contributed by atoms with Crippen molar-refractivity contribution in [1.29, 1.82) is 0 Å². The van der Waals surface area contributed by atoms with Crippen molar-refractivity contribution in [2.24, 2.45) is 0 Å². The van der Waals surface area contributed by atoms with Crippen LogP contribution in [0, 0.1) is 6.92 Å². The molecule has 5 rings (SSSR count). The van der Waals surface area contributed by atoms with Gasteiger partial charge in [-0.3, -0.25) is 14.2 Å². The van der Waals surface area contributed by atoms with Crippen molar-refractivity contribution in [3.63, 3.8) is 0 Å². The number of nitrogens with zero attached hydrogens (tertiary/aromatic N) is 2. The van der Waals surface area contributed by atoms with Crippen molar-refractivity contribution in [2.45, 2.75) is 37.8 Å². The average Bonchev–Trinajstić information content (AvgIpc) is 3.23. The Kier molecular flexibility index (Phi) is 7.00. The summed E-state index contributed by atoms with van der Waals surface area (Å²) < 4.78 is 7.88. The summed E-state index contributed by atoms with van der Waals surface area (Å²) in [5.41, 5.74) is 3.51. The summed E-state index contributed by atoms with van der Waals surface area (Å²) in [4.78, 5) is 33.5. The van der Waals surface area contributed by atoms with Crippen LogP contribution in [0.5, 0.6) is 5.75 Å². The van der Waals surface area contributed by atoms with Gasteiger partial charge in [0.05, 0.1) is 23.9 Å². The number of methoxy groups -OCH3 is 1. The SMILES string of the molecule is COc1ccc(-n2c(SCC(=O)Nc3ccc(Br)cc3C)nc3sc4c(c3c2=O)CCCC4)cc1. The average molecular weight is 571 g/mol. The van der Waals surface area contributed by atoms with Gasteiger partial charge in [0, 0.05) is 15.0 Å². The maximum absolute atomic E-state index is 13.8. The van der Waals surface area contributed by atoms with Crippen LogP contribution in [0.4, 0.5) is 5.69 Å². The van der Waals surface area contributed by atoms with Gasteiger partial charge in [0.25, 0.3) is 5.56 Å². The van der Waals surface area contributed by atoms with Crippen LogP contribution in [0.25, 0.3) is 15.9 Å². The molecule has 0 saturated carbocycles. The fourth-order valence-electron chi connectivity index (χ4n) is 4.33. The Labute approximate surface area is 219 Å². The number of amides is 1. The van der Waals surface area contributed by atoms with Crippen molar-refractivity contribution in [3.8, 4) is 11.4 Å². The van der Waals surface area contributed by atoms with Crippen molar-refractivity contribution in [1.82, 2.24) is 9.55 Å². The van der Waals surface area contributed by atoms with E-state index in [4.69, 9.17) is 9.72 Å². The molecule has 0 atom stereocenters. The molecule has 1 aliphatic rings. The summed E-state index contributed by atoms with van der Waals surface area (Å²) in [5.74, 6) is 0.693. The van der Waals surface area contributed by atoms with Crippen LogP contribution < -0.4 is 15.6 Å². The van der Waals surface area contributed by atoms with Gasteiger partial charge in [-0.15, -0.1) is 11.3 Å². The van der Waals surface area contributed by atoms with Gasteiger partial charge in [0.15, 0.2) is 5.16 Å². The van der Waals surface area contributed by atoms with Crippen molar-refractivity contribution < 1.29 is 9.53 Å². The summed E-state index contributed by atoms with van der Waals surface area (Å²) in [6, 6.07) is 13.1. The third-order valence-corrected chi connectivity index (χ3v) is 8.70. The molecule has 9 heteroatoms. The second kappa shape index (κ2) is 10.2. The normalized spacial score (nSPS) is 13.0. The van der Waals surface area contributed by atoms with E-state index < -0.39 is 0 Å². The van der Waals surface area contributed by atoms with E-state index in [1.165, 1.54) is 16.6 Å². The number of anilines is 1. The van der Waals surface area contributed by atoms with Crippen LogP contribution in [0.2, 0.25) is 0 Å². The van der Waals surface area contributed by atoms with E-state index in [9.17, 15) is 9.59 Å². The first-order chi connectivity index (χ1) is 16.9. The number of aryl methyl sites for hydroxylation is 3. The molecule has 2 aromatic heterocycles. The predicted octanol–water partition coefficient (Wildman–Crippen LogP) is 6.14. The van der Waals surface area contributed by atoms with Crippen LogP contribution in [0.3, 0.4) is 0 Å². The third-order valence-electron chi connectivity index (χ3n) is 6.08. The zero-order valence-corrected chi connectivity index (χ0v) is 22.6. The van der Waals surface area contributed by atoms with Crippen molar-refractivity contribution in [2.75, 3.05) is 18.2 Å². The monoisotopic (exact) mass is 569 g/mol. The van der Waals surface area contributed by atoms with Crippen LogP contribution >= 0.6 is 39.0 Å². The number of hydrogen-bond acceptors (Lipinski definition) is 6. The second-order valence-corrected chi connectivity index (χ2v) is 11.4. The minimum Gasteiger partial charge on any atom is -0.497 e. The minimum absolute atomic E-state index is 0.0776. The largest absolute Gasteiger partial charge is 0.497 e. The van der Waals surface area contributed by atoms with Gasteiger partial charge in [-0.05, 0) is 86.2 Å². The molecule has 1 N–H and O–H groups in total. The van der Waals surface area contributed by atoms with Gasteiger partial charge < -0.3 is 10.1 Å². The molecular formula is C26H24BrN3O3S2. The molecular weight excluding hydrogens is 546 g/mol. The van der Waals surface area contributed by atoms with Gasteiger partial charge in [0.2, 0.25) is 5.91 Å². The number of thiophene rings is 1. The molecule has 0 bridgehead atoms. The number of thioether (sulfide) groups is 1. The first-order valence-electron chi connectivity index (χ1n) is 11.3. The van der Waals surface area contributed by atoms with Crippen LogP contribution in [0.1, 0.15) is 28.8 Å². The number of aromatic nitrogens is 2. The molecule has 0 spiro atoms. The second-order valence-electron chi connectivity index (χ2n) is 8.42. The van der Waals surface area contributed by atoms with Gasteiger partial charge in [-0.2, -0.15) is 0 Å². The van der Waals surface area contributed by atoms with Crippen LogP contribution in [-0.2, 0) is 17.6 Å². The Bertz CT molecular complexity index is 1480. The molecule has 2 heterocycles. The molecule has 180 valence electrons. The van der Waals surface area contributed by atoms with Crippen molar-refractivity contribution in [3.05, 3.63) is 73.3 Å². The van der Waals surface area contributed by atoms with E-state index in [0.717, 1.165) is 57.2 Å². The lowest BCUT2D eigenvalue weighted by Gasteiger charge is -2.14. The van der Waals surface area contributed by atoms with Gasteiger partial charge in [0.1, 0.15) is 10.6 Å². The molecule has 0 fully saturated rings. The molecule has 1 aliphatic carbocycles.